The molecule has 1 atom stereocenters. The Hall–Kier alpha value is -1.20. The van der Waals surface area contributed by atoms with Gasteiger partial charge in [0.1, 0.15) is 5.78 Å². The number of rotatable bonds is 3. The molecule has 1 aliphatic rings. The number of piperidine rings is 1. The molecule has 2 aromatic rings. The van der Waals surface area contributed by atoms with Crippen LogP contribution < -0.4 is 0 Å². The number of carbonyl (C=O) groups is 1. The van der Waals surface area contributed by atoms with Crippen molar-refractivity contribution in [1.82, 2.24) is 14.3 Å². The average molecular weight is 263 g/mol. The lowest BCUT2D eigenvalue weighted by Crippen LogP contribution is -2.37. The Morgan fingerprint density at radius 1 is 1.61 bits per heavy atom. The first-order valence-electron chi connectivity index (χ1n) is 6.36. The Bertz CT molecular complexity index is 531. The van der Waals surface area contributed by atoms with Crippen molar-refractivity contribution in [3.05, 3.63) is 23.5 Å². The number of likely N-dealkylation sites (tertiary alicyclic amines) is 1. The standard InChI is InChI=1S/C13H17N3OS/c1-10(17)11-3-2-4-15(7-11)8-12-9-16-5-6-18-13(16)14-12/h5-6,9,11H,2-4,7-8H2,1H3. The third-order valence-corrected chi connectivity index (χ3v) is 4.38. The third kappa shape index (κ3) is 2.33. The van der Waals surface area contributed by atoms with Crippen LogP contribution in [0.25, 0.3) is 4.96 Å². The topological polar surface area (TPSA) is 37.6 Å². The van der Waals surface area contributed by atoms with E-state index in [4.69, 9.17) is 0 Å². The van der Waals surface area contributed by atoms with Gasteiger partial charge in [-0.1, -0.05) is 0 Å². The highest BCUT2D eigenvalue weighted by Crippen LogP contribution is 2.20. The van der Waals surface area contributed by atoms with E-state index in [-0.39, 0.29) is 5.92 Å². The zero-order chi connectivity index (χ0) is 12.5. The molecule has 0 saturated carbocycles. The van der Waals surface area contributed by atoms with Crippen molar-refractivity contribution in [3.63, 3.8) is 0 Å². The number of nitrogens with zero attached hydrogens (tertiary/aromatic N) is 3. The van der Waals surface area contributed by atoms with Gasteiger partial charge in [0.25, 0.3) is 0 Å². The normalized spacial score (nSPS) is 21.5. The van der Waals surface area contributed by atoms with E-state index in [9.17, 15) is 4.79 Å². The number of aromatic nitrogens is 2. The summed E-state index contributed by atoms with van der Waals surface area (Å²) in [6.07, 6.45) is 6.28. The molecular weight excluding hydrogens is 246 g/mol. The molecule has 1 aliphatic heterocycles. The molecule has 5 heteroatoms. The largest absolute Gasteiger partial charge is 0.300 e. The van der Waals surface area contributed by atoms with Crippen molar-refractivity contribution < 1.29 is 4.79 Å². The fourth-order valence-electron chi connectivity index (χ4n) is 2.61. The van der Waals surface area contributed by atoms with Crippen LogP contribution in [0.2, 0.25) is 0 Å². The van der Waals surface area contributed by atoms with Gasteiger partial charge >= 0.3 is 0 Å². The predicted molar refractivity (Wildman–Crippen MR) is 71.8 cm³/mol. The molecule has 3 rings (SSSR count). The minimum absolute atomic E-state index is 0.225. The summed E-state index contributed by atoms with van der Waals surface area (Å²) < 4.78 is 2.06. The zero-order valence-electron chi connectivity index (χ0n) is 10.5. The Morgan fingerprint density at radius 3 is 3.28 bits per heavy atom. The van der Waals surface area contributed by atoms with Gasteiger partial charge in [-0.05, 0) is 26.3 Å². The Labute approximate surface area is 110 Å². The van der Waals surface area contributed by atoms with Crippen LogP contribution >= 0.6 is 11.3 Å². The fourth-order valence-corrected chi connectivity index (χ4v) is 3.33. The van der Waals surface area contributed by atoms with Crippen molar-refractivity contribution >= 4 is 22.1 Å². The summed E-state index contributed by atoms with van der Waals surface area (Å²) in [4.78, 5) is 19.4. The molecule has 1 unspecified atom stereocenters. The second-order valence-electron chi connectivity index (χ2n) is 5.01. The highest BCUT2D eigenvalue weighted by atomic mass is 32.1. The van der Waals surface area contributed by atoms with Gasteiger partial charge in [-0.25, -0.2) is 4.98 Å². The number of carbonyl (C=O) groups excluding carboxylic acids is 1. The van der Waals surface area contributed by atoms with Crippen molar-refractivity contribution in [3.8, 4) is 0 Å². The molecule has 0 aliphatic carbocycles. The van der Waals surface area contributed by atoms with E-state index in [0.29, 0.717) is 5.78 Å². The van der Waals surface area contributed by atoms with Crippen LogP contribution in [0.15, 0.2) is 17.8 Å². The highest BCUT2D eigenvalue weighted by molar-refractivity contribution is 7.15. The molecule has 0 amide bonds. The first-order chi connectivity index (χ1) is 8.72. The summed E-state index contributed by atoms with van der Waals surface area (Å²) in [7, 11) is 0. The van der Waals surface area contributed by atoms with Crippen molar-refractivity contribution in [2.75, 3.05) is 13.1 Å². The van der Waals surface area contributed by atoms with Gasteiger partial charge in [-0.15, -0.1) is 11.3 Å². The molecule has 0 radical (unpaired) electrons. The van der Waals surface area contributed by atoms with E-state index in [1.165, 1.54) is 0 Å². The first kappa shape index (κ1) is 11.9. The van der Waals surface area contributed by atoms with E-state index in [0.717, 1.165) is 43.1 Å². The van der Waals surface area contributed by atoms with Gasteiger partial charge in [0.15, 0.2) is 4.96 Å². The molecular formula is C13H17N3OS. The molecule has 4 nitrogen and oxygen atoms in total. The van der Waals surface area contributed by atoms with E-state index >= 15 is 0 Å². The van der Waals surface area contributed by atoms with Gasteiger partial charge in [0.2, 0.25) is 0 Å². The third-order valence-electron chi connectivity index (χ3n) is 3.61. The molecule has 1 fully saturated rings. The summed E-state index contributed by atoms with van der Waals surface area (Å²) in [6.45, 7) is 4.54. The molecule has 0 aromatic carbocycles. The van der Waals surface area contributed by atoms with Crippen LogP contribution in [0.3, 0.4) is 0 Å². The summed E-state index contributed by atoms with van der Waals surface area (Å²) in [5.41, 5.74) is 1.10. The summed E-state index contributed by atoms with van der Waals surface area (Å²) in [5.74, 6) is 0.549. The second kappa shape index (κ2) is 4.82. The molecule has 0 bridgehead atoms. The smallest absolute Gasteiger partial charge is 0.193 e. The Balaban J connectivity index is 1.68. The monoisotopic (exact) mass is 263 g/mol. The lowest BCUT2D eigenvalue weighted by Gasteiger charge is -2.30. The zero-order valence-corrected chi connectivity index (χ0v) is 11.3. The molecule has 1 saturated heterocycles. The van der Waals surface area contributed by atoms with Gasteiger partial charge in [-0.2, -0.15) is 0 Å². The summed E-state index contributed by atoms with van der Waals surface area (Å²) in [5, 5.41) is 2.04. The maximum Gasteiger partial charge on any atom is 0.193 e. The maximum atomic E-state index is 11.5. The van der Waals surface area contributed by atoms with Crippen LogP contribution in [0, 0.1) is 5.92 Å². The SMILES string of the molecule is CC(=O)C1CCCN(Cc2cn3ccsc3n2)C1. The number of thiazole rings is 1. The minimum atomic E-state index is 0.225. The number of imidazole rings is 1. The maximum absolute atomic E-state index is 11.5. The first-order valence-corrected chi connectivity index (χ1v) is 7.24. The summed E-state index contributed by atoms with van der Waals surface area (Å²) in [6, 6.07) is 0. The molecule has 18 heavy (non-hydrogen) atoms. The molecule has 2 aromatic heterocycles. The molecule has 0 spiro atoms. The molecule has 0 N–H and O–H groups in total. The predicted octanol–water partition coefficient (Wildman–Crippen LogP) is 2.20. The Kier molecular flexibility index (Phi) is 3.18. The highest BCUT2D eigenvalue weighted by Gasteiger charge is 2.23. The van der Waals surface area contributed by atoms with E-state index < -0.39 is 0 Å². The number of hydrogen-bond acceptors (Lipinski definition) is 4. The minimum Gasteiger partial charge on any atom is -0.300 e. The van der Waals surface area contributed by atoms with Crippen LogP contribution in [0.5, 0.6) is 0 Å². The van der Waals surface area contributed by atoms with Crippen molar-refractivity contribution in [1.29, 1.82) is 0 Å². The summed E-state index contributed by atoms with van der Waals surface area (Å²) >= 11 is 1.65. The second-order valence-corrected chi connectivity index (χ2v) is 5.88. The van der Waals surface area contributed by atoms with Crippen LogP contribution in [-0.2, 0) is 11.3 Å². The number of hydrogen-bond donors (Lipinski definition) is 0. The quantitative estimate of drug-likeness (QED) is 0.852. The average Bonchev–Trinajstić information content (AvgIpc) is 2.90. The Morgan fingerprint density at radius 2 is 2.50 bits per heavy atom. The van der Waals surface area contributed by atoms with E-state index in [2.05, 4.69) is 20.5 Å². The van der Waals surface area contributed by atoms with Gasteiger partial charge in [0.05, 0.1) is 5.69 Å². The fraction of sp³-hybridized carbons (Fsp3) is 0.538. The van der Waals surface area contributed by atoms with Crippen LogP contribution in [0.1, 0.15) is 25.5 Å². The molecule has 96 valence electrons. The van der Waals surface area contributed by atoms with Crippen molar-refractivity contribution in [2.45, 2.75) is 26.3 Å². The number of ketones is 1. The van der Waals surface area contributed by atoms with Gasteiger partial charge in [-0.3, -0.25) is 14.1 Å². The number of Topliss-reactive ketones (excluding diaryl/α,β-unsaturated/α-hetero) is 1. The number of fused-ring (bicyclic) bond motifs is 1. The van der Waals surface area contributed by atoms with Gasteiger partial charge in [0, 0.05) is 36.8 Å². The lowest BCUT2D eigenvalue weighted by molar-refractivity contribution is -0.122. The van der Waals surface area contributed by atoms with Crippen molar-refractivity contribution in [2.24, 2.45) is 5.92 Å². The van der Waals surface area contributed by atoms with Crippen LogP contribution in [-0.4, -0.2) is 33.2 Å². The van der Waals surface area contributed by atoms with Gasteiger partial charge < -0.3 is 0 Å². The molecule has 3 heterocycles. The van der Waals surface area contributed by atoms with E-state index in [1.54, 1.807) is 18.3 Å². The van der Waals surface area contributed by atoms with Crippen LogP contribution in [0.4, 0.5) is 0 Å². The van der Waals surface area contributed by atoms with E-state index in [1.807, 2.05) is 11.6 Å². The lowest BCUT2D eigenvalue weighted by atomic mass is 9.94.